The molecule has 8 aromatic heterocycles. The van der Waals surface area contributed by atoms with E-state index in [4.69, 9.17) is 19.9 Å². The molecule has 0 aliphatic carbocycles. The van der Waals surface area contributed by atoms with E-state index < -0.39 is 11.7 Å². The highest BCUT2D eigenvalue weighted by atomic mass is 19.4. The van der Waals surface area contributed by atoms with Gasteiger partial charge in [0.05, 0.1) is 89.7 Å². The van der Waals surface area contributed by atoms with Crippen molar-refractivity contribution >= 4 is 87.2 Å². The van der Waals surface area contributed by atoms with Crippen molar-refractivity contribution in [1.29, 1.82) is 0 Å². The number of hydrogen-bond acceptors (Lipinski definition) is 4. The number of rotatable bonds is 8. The average Bonchev–Trinajstić information content (AvgIpc) is 1.62. The molecule has 0 unspecified atom stereocenters. The van der Waals surface area contributed by atoms with Crippen LogP contribution in [0.5, 0.6) is 0 Å². The molecule has 0 saturated heterocycles. The lowest BCUT2D eigenvalue weighted by Crippen LogP contribution is -2.22. The zero-order chi connectivity index (χ0) is 58.1. The van der Waals surface area contributed by atoms with Gasteiger partial charge in [-0.1, -0.05) is 121 Å². The Kier molecular flexibility index (Phi) is 11.1. The van der Waals surface area contributed by atoms with Gasteiger partial charge in [-0.05, 0) is 128 Å². The summed E-state index contributed by atoms with van der Waals surface area (Å²) in [7, 11) is 0. The summed E-state index contributed by atoms with van der Waals surface area (Å²) in [4.78, 5) is 19.1. The molecule has 0 fully saturated rings. The molecular weight excluding hydrogens is 1080 g/mol. The van der Waals surface area contributed by atoms with Gasteiger partial charge in [-0.15, -0.1) is 0 Å². The largest absolute Gasteiger partial charge is 0.420 e. The third-order valence-electron chi connectivity index (χ3n) is 17.3. The van der Waals surface area contributed by atoms with Crippen LogP contribution >= 0.6 is 0 Å². The average molecular weight is 1130 g/mol. The monoisotopic (exact) mass is 1130 g/mol. The van der Waals surface area contributed by atoms with Crippen LogP contribution in [0.15, 0.2) is 267 Å². The van der Waals surface area contributed by atoms with Crippen LogP contribution in [0, 0.1) is 6.92 Å². The van der Waals surface area contributed by atoms with E-state index in [0.29, 0.717) is 61.1 Å². The summed E-state index contributed by atoms with van der Waals surface area (Å²) in [5, 5.41) is 6.63. The van der Waals surface area contributed by atoms with Gasteiger partial charge in [0.15, 0.2) is 0 Å². The summed E-state index contributed by atoms with van der Waals surface area (Å²) >= 11 is 0. The Bertz CT molecular complexity index is 4990. The van der Waals surface area contributed by atoms with Crippen molar-refractivity contribution < 1.29 is 13.2 Å². The van der Waals surface area contributed by atoms with E-state index >= 15 is 13.2 Å². The molecule has 0 aliphatic heterocycles. The fourth-order valence-corrected chi connectivity index (χ4v) is 13.7. The third-order valence-corrected chi connectivity index (χ3v) is 17.3. The van der Waals surface area contributed by atoms with E-state index in [0.717, 1.165) is 88.1 Å². The second kappa shape index (κ2) is 19.3. The van der Waals surface area contributed by atoms with E-state index in [1.54, 1.807) is 24.8 Å². The van der Waals surface area contributed by atoms with Crippen LogP contribution in [0.1, 0.15) is 11.1 Å². The maximum Gasteiger partial charge on any atom is 0.420 e. The molecule has 0 aliphatic rings. The summed E-state index contributed by atoms with van der Waals surface area (Å²) in [5.74, 6) is 0. The number of hydrogen-bond donors (Lipinski definition) is 0. The second-order valence-corrected chi connectivity index (χ2v) is 22.1. The number of nitrogens with zero attached hydrogens (tertiary/aromatic N) is 8. The Hall–Kier alpha value is -11.4. The number of pyridine rings is 4. The molecular formula is C76H47F3N8. The molecule has 9 aromatic carbocycles. The Morgan fingerprint density at radius 2 is 0.506 bits per heavy atom. The molecule has 8 nitrogen and oxygen atoms in total. The van der Waals surface area contributed by atoms with Crippen LogP contribution in [-0.2, 0) is 6.18 Å². The predicted molar refractivity (Wildman–Crippen MR) is 346 cm³/mol. The topological polar surface area (TPSA) is 71.3 Å². The first-order valence-corrected chi connectivity index (χ1v) is 28.8. The fraction of sp³-hybridized carbons (Fsp3) is 0.0263. The van der Waals surface area contributed by atoms with Crippen LogP contribution in [-0.4, -0.2) is 38.2 Å². The maximum absolute atomic E-state index is 18.6. The van der Waals surface area contributed by atoms with Gasteiger partial charge >= 0.3 is 6.18 Å². The Balaban J connectivity index is 1.13. The van der Waals surface area contributed by atoms with E-state index in [2.05, 4.69) is 33.4 Å². The molecule has 17 aromatic rings. The lowest BCUT2D eigenvalue weighted by atomic mass is 9.97. The molecule has 17 rings (SSSR count). The smallest absolute Gasteiger partial charge is 0.307 e. The van der Waals surface area contributed by atoms with Crippen molar-refractivity contribution in [3.05, 3.63) is 279 Å². The van der Waals surface area contributed by atoms with Crippen molar-refractivity contribution in [1.82, 2.24) is 38.2 Å². The Morgan fingerprint density at radius 1 is 0.264 bits per heavy atom. The molecule has 0 bridgehead atoms. The first kappa shape index (κ1) is 50.1. The predicted octanol–water partition coefficient (Wildman–Crippen LogP) is 19.7. The normalized spacial score (nSPS) is 12.1. The van der Waals surface area contributed by atoms with Gasteiger partial charge < -0.3 is 18.3 Å². The van der Waals surface area contributed by atoms with Crippen LogP contribution in [0.3, 0.4) is 0 Å². The minimum Gasteiger partial charge on any atom is -0.307 e. The highest BCUT2D eigenvalue weighted by molar-refractivity contribution is 6.17. The van der Waals surface area contributed by atoms with Gasteiger partial charge in [0, 0.05) is 95.7 Å². The van der Waals surface area contributed by atoms with Crippen LogP contribution in [0.25, 0.3) is 155 Å². The van der Waals surface area contributed by atoms with E-state index in [1.807, 2.05) is 234 Å². The Morgan fingerprint density at radius 3 is 0.759 bits per heavy atom. The lowest BCUT2D eigenvalue weighted by Gasteiger charge is -2.30. The van der Waals surface area contributed by atoms with Gasteiger partial charge in [-0.2, -0.15) is 13.2 Å². The first-order chi connectivity index (χ1) is 42.8. The molecule has 0 N–H and O–H groups in total. The summed E-state index contributed by atoms with van der Waals surface area (Å²) in [6.45, 7) is 2.02. The second-order valence-electron chi connectivity index (χ2n) is 22.1. The molecule has 412 valence electrons. The van der Waals surface area contributed by atoms with Gasteiger partial charge in [-0.3, -0.25) is 19.9 Å². The fourth-order valence-electron chi connectivity index (χ4n) is 13.7. The summed E-state index contributed by atoms with van der Waals surface area (Å²) in [6, 6.07) is 79.3. The van der Waals surface area contributed by atoms with Crippen molar-refractivity contribution in [2.45, 2.75) is 13.1 Å². The number of halogens is 3. The minimum atomic E-state index is -5.03. The van der Waals surface area contributed by atoms with Gasteiger partial charge in [0.1, 0.15) is 5.56 Å². The van der Waals surface area contributed by atoms with Crippen LogP contribution in [0.2, 0.25) is 0 Å². The van der Waals surface area contributed by atoms with Gasteiger partial charge in [0.2, 0.25) is 0 Å². The van der Waals surface area contributed by atoms with E-state index in [-0.39, 0.29) is 11.4 Å². The van der Waals surface area contributed by atoms with E-state index in [9.17, 15) is 0 Å². The maximum atomic E-state index is 18.6. The molecule has 11 heteroatoms. The molecule has 87 heavy (non-hydrogen) atoms. The van der Waals surface area contributed by atoms with Crippen molar-refractivity contribution in [3.8, 4) is 67.8 Å². The number of para-hydroxylation sites is 4. The number of fused-ring (bicyclic) bond motifs is 12. The van der Waals surface area contributed by atoms with Crippen molar-refractivity contribution in [3.63, 3.8) is 0 Å². The first-order valence-electron chi connectivity index (χ1n) is 28.8. The number of benzene rings is 9. The molecule has 0 atom stereocenters. The number of aromatic nitrogens is 8. The van der Waals surface area contributed by atoms with Crippen molar-refractivity contribution in [2.75, 3.05) is 0 Å². The molecule has 0 radical (unpaired) electrons. The van der Waals surface area contributed by atoms with Crippen LogP contribution in [0.4, 0.5) is 13.2 Å². The lowest BCUT2D eigenvalue weighted by molar-refractivity contribution is -0.137. The van der Waals surface area contributed by atoms with Gasteiger partial charge in [0.25, 0.3) is 0 Å². The third kappa shape index (κ3) is 7.65. The zero-order valence-corrected chi connectivity index (χ0v) is 46.6. The number of alkyl halides is 3. The van der Waals surface area contributed by atoms with E-state index in [1.165, 1.54) is 0 Å². The van der Waals surface area contributed by atoms with Crippen molar-refractivity contribution in [2.24, 2.45) is 0 Å². The van der Waals surface area contributed by atoms with Crippen LogP contribution < -0.4 is 0 Å². The highest BCUT2D eigenvalue weighted by Crippen LogP contribution is 2.53. The SMILES string of the molecule is Cc1c(-n2c3ccc(-c4ccccn4)cc3c3cc(-c4ccccn4)ccc32)c(-n2c3ccccc3c3ccccc32)c(C(F)(F)F)c(-n2c3ccccc3c3ccccc32)c1-n1c2ccc(-c3ccccn3)cc2c2cc(-c3ccccn3)ccc21. The van der Waals surface area contributed by atoms with Gasteiger partial charge in [-0.25, -0.2) is 0 Å². The molecule has 8 heterocycles. The summed E-state index contributed by atoms with van der Waals surface area (Å²) in [5.41, 5.74) is 12.3. The quantitative estimate of drug-likeness (QED) is 0.152. The highest BCUT2D eigenvalue weighted by Gasteiger charge is 2.44. The minimum absolute atomic E-state index is 0.0185. The molecule has 0 saturated carbocycles. The summed E-state index contributed by atoms with van der Waals surface area (Å²) in [6.07, 6.45) is 2.06. The summed E-state index contributed by atoms with van der Waals surface area (Å²) < 4.78 is 63.8. The molecule has 0 spiro atoms. The standard InChI is InChI=1S/C76H47F3N8/c1-46-72(84-67-34-30-47(59-22-10-14-38-80-59)42-55(67)56-43-48(31-35-68(56)84)60-23-11-15-39-81-60)74(86-63-26-6-2-18-51(63)52-19-3-7-27-64(52)86)71(76(77,78)79)75(87-65-28-8-4-20-53(65)54-21-5-9-29-66(54)87)73(46)85-69-36-32-49(61-24-12-16-40-82-61)44-57(69)58-45-50(33-37-70(58)85)62-25-13-17-41-83-62/h2-45H,1H3. The molecule has 0 amide bonds. The zero-order valence-electron chi connectivity index (χ0n) is 46.6. The Labute approximate surface area is 495 Å².